The minimum atomic E-state index is -0.680. The number of nitrogens with zero attached hydrogens (tertiary/aromatic N) is 1. The largest absolute Gasteiger partial charge is 0.450 e. The first-order valence-electron chi connectivity index (χ1n) is 7.35. The van der Waals surface area contributed by atoms with E-state index in [1.54, 1.807) is 13.8 Å². The molecule has 0 heterocycles. The van der Waals surface area contributed by atoms with Crippen LogP contribution < -0.4 is 10.2 Å². The van der Waals surface area contributed by atoms with Gasteiger partial charge in [-0.05, 0) is 39.8 Å². The summed E-state index contributed by atoms with van der Waals surface area (Å²) in [6, 6.07) is 9.20. The molecule has 1 N–H and O–H groups in total. The zero-order chi connectivity index (χ0) is 16.6. The number of anilines is 1. The van der Waals surface area contributed by atoms with Crippen molar-refractivity contribution < 1.29 is 19.1 Å². The standard InChI is InChI=1S/C16H24N2O4/c1-5-21-14(19)17-12-16(3,4)18(15(20)22-6-2)13-10-8-7-9-11-13/h7-11H,5-6,12H2,1-4H3,(H,17,19). The van der Waals surface area contributed by atoms with E-state index in [4.69, 9.17) is 9.47 Å². The molecule has 1 aromatic carbocycles. The molecule has 0 spiro atoms. The van der Waals surface area contributed by atoms with Gasteiger partial charge in [0.1, 0.15) is 0 Å². The van der Waals surface area contributed by atoms with E-state index in [0.29, 0.717) is 12.3 Å². The van der Waals surface area contributed by atoms with Crippen LogP contribution in [0.15, 0.2) is 30.3 Å². The van der Waals surface area contributed by atoms with Gasteiger partial charge in [0.2, 0.25) is 0 Å². The van der Waals surface area contributed by atoms with Crippen LogP contribution in [0.3, 0.4) is 0 Å². The third-order valence-electron chi connectivity index (χ3n) is 3.01. The van der Waals surface area contributed by atoms with Gasteiger partial charge in [0, 0.05) is 12.2 Å². The second-order valence-corrected chi connectivity index (χ2v) is 5.26. The lowest BCUT2D eigenvalue weighted by Gasteiger charge is -2.37. The number of ether oxygens (including phenoxy) is 2. The zero-order valence-corrected chi connectivity index (χ0v) is 13.6. The van der Waals surface area contributed by atoms with Crippen molar-refractivity contribution >= 4 is 17.9 Å². The number of hydrogen-bond acceptors (Lipinski definition) is 4. The predicted molar refractivity (Wildman–Crippen MR) is 85.0 cm³/mol. The van der Waals surface area contributed by atoms with E-state index in [2.05, 4.69) is 5.32 Å². The predicted octanol–water partition coefficient (Wildman–Crippen LogP) is 3.17. The molecule has 1 aromatic rings. The van der Waals surface area contributed by atoms with Crippen LogP contribution in [0.2, 0.25) is 0 Å². The van der Waals surface area contributed by atoms with Crippen molar-refractivity contribution in [1.82, 2.24) is 5.32 Å². The molecular weight excluding hydrogens is 284 g/mol. The maximum atomic E-state index is 12.3. The first kappa shape index (κ1) is 17.8. The van der Waals surface area contributed by atoms with E-state index in [-0.39, 0.29) is 13.2 Å². The number of alkyl carbamates (subject to hydrolysis) is 1. The summed E-state index contributed by atoms with van der Waals surface area (Å²) in [6.07, 6.45) is -0.961. The van der Waals surface area contributed by atoms with Crippen LogP contribution in [0.4, 0.5) is 15.3 Å². The Bertz CT molecular complexity index is 488. The third-order valence-corrected chi connectivity index (χ3v) is 3.01. The molecule has 0 unspecified atom stereocenters. The first-order valence-corrected chi connectivity index (χ1v) is 7.35. The average molecular weight is 308 g/mol. The minimum Gasteiger partial charge on any atom is -0.450 e. The number of carbonyl (C=O) groups excluding carboxylic acids is 2. The van der Waals surface area contributed by atoms with Gasteiger partial charge in [-0.3, -0.25) is 4.90 Å². The quantitative estimate of drug-likeness (QED) is 0.876. The Balaban J connectivity index is 2.93. The first-order chi connectivity index (χ1) is 10.4. The van der Waals surface area contributed by atoms with Crippen LogP contribution in [-0.2, 0) is 9.47 Å². The molecular formula is C16H24N2O4. The molecule has 0 bridgehead atoms. The van der Waals surface area contributed by atoms with Gasteiger partial charge in [-0.1, -0.05) is 18.2 Å². The Labute approximate surface area is 131 Å². The van der Waals surface area contributed by atoms with Crippen molar-refractivity contribution in [2.75, 3.05) is 24.7 Å². The Morgan fingerprint density at radius 3 is 2.23 bits per heavy atom. The molecule has 0 fully saturated rings. The summed E-state index contributed by atoms with van der Waals surface area (Å²) in [7, 11) is 0. The van der Waals surface area contributed by atoms with E-state index in [9.17, 15) is 9.59 Å². The second-order valence-electron chi connectivity index (χ2n) is 5.26. The van der Waals surface area contributed by atoms with Gasteiger partial charge in [0.05, 0.1) is 18.8 Å². The molecule has 0 saturated carbocycles. The molecule has 0 aromatic heterocycles. The second kappa shape index (κ2) is 8.26. The van der Waals surface area contributed by atoms with Gasteiger partial charge < -0.3 is 14.8 Å². The van der Waals surface area contributed by atoms with E-state index >= 15 is 0 Å². The summed E-state index contributed by atoms with van der Waals surface area (Å²) >= 11 is 0. The lowest BCUT2D eigenvalue weighted by atomic mass is 10.0. The Morgan fingerprint density at radius 2 is 1.68 bits per heavy atom. The number of benzene rings is 1. The third kappa shape index (κ3) is 4.95. The summed E-state index contributed by atoms with van der Waals surface area (Å²) in [5, 5.41) is 2.66. The molecule has 0 aliphatic carbocycles. The highest BCUT2D eigenvalue weighted by atomic mass is 16.6. The normalized spacial score (nSPS) is 10.7. The lowest BCUT2D eigenvalue weighted by Crippen LogP contribution is -2.54. The number of rotatable bonds is 6. The van der Waals surface area contributed by atoms with Crippen LogP contribution in [-0.4, -0.2) is 37.5 Å². The summed E-state index contributed by atoms with van der Waals surface area (Å²) < 4.78 is 9.99. The van der Waals surface area contributed by atoms with Gasteiger partial charge in [0.15, 0.2) is 0 Å². The minimum absolute atomic E-state index is 0.236. The fourth-order valence-corrected chi connectivity index (χ4v) is 2.02. The van der Waals surface area contributed by atoms with Crippen molar-refractivity contribution in [2.45, 2.75) is 33.2 Å². The van der Waals surface area contributed by atoms with Crippen molar-refractivity contribution in [1.29, 1.82) is 0 Å². The highest BCUT2D eigenvalue weighted by Gasteiger charge is 2.33. The Kier molecular flexibility index (Phi) is 6.69. The van der Waals surface area contributed by atoms with Crippen LogP contribution in [0.1, 0.15) is 27.7 Å². The van der Waals surface area contributed by atoms with Crippen molar-refractivity contribution in [2.24, 2.45) is 0 Å². The summed E-state index contributed by atoms with van der Waals surface area (Å²) in [4.78, 5) is 25.3. The van der Waals surface area contributed by atoms with E-state index in [0.717, 1.165) is 0 Å². The number of nitrogens with one attached hydrogen (secondary N) is 1. The molecule has 2 amide bonds. The summed E-state index contributed by atoms with van der Waals surface area (Å²) in [5.74, 6) is 0. The SMILES string of the molecule is CCOC(=O)NCC(C)(C)N(C(=O)OCC)c1ccccc1. The lowest BCUT2D eigenvalue weighted by molar-refractivity contribution is 0.143. The average Bonchev–Trinajstić information content (AvgIpc) is 2.47. The summed E-state index contributed by atoms with van der Waals surface area (Å²) in [5.41, 5.74) is 0.0250. The highest BCUT2D eigenvalue weighted by Crippen LogP contribution is 2.24. The maximum absolute atomic E-state index is 12.3. The number of para-hydroxylation sites is 1. The van der Waals surface area contributed by atoms with Gasteiger partial charge in [-0.2, -0.15) is 0 Å². The molecule has 122 valence electrons. The Morgan fingerprint density at radius 1 is 1.09 bits per heavy atom. The van der Waals surface area contributed by atoms with E-state index in [1.165, 1.54) is 4.90 Å². The smallest absolute Gasteiger partial charge is 0.414 e. The van der Waals surface area contributed by atoms with E-state index in [1.807, 2.05) is 44.2 Å². The van der Waals surface area contributed by atoms with Crippen molar-refractivity contribution in [3.05, 3.63) is 30.3 Å². The fourth-order valence-electron chi connectivity index (χ4n) is 2.02. The molecule has 0 atom stereocenters. The molecule has 1 rings (SSSR count). The van der Waals surface area contributed by atoms with Gasteiger partial charge in [-0.25, -0.2) is 9.59 Å². The summed E-state index contributed by atoms with van der Waals surface area (Å²) in [6.45, 7) is 8.01. The van der Waals surface area contributed by atoms with Crippen LogP contribution >= 0.6 is 0 Å². The number of amides is 2. The number of hydrogen-bond donors (Lipinski definition) is 1. The van der Waals surface area contributed by atoms with Gasteiger partial charge >= 0.3 is 12.2 Å². The van der Waals surface area contributed by atoms with Crippen LogP contribution in [0.5, 0.6) is 0 Å². The highest BCUT2D eigenvalue weighted by molar-refractivity contribution is 5.89. The maximum Gasteiger partial charge on any atom is 0.414 e. The molecule has 0 saturated heterocycles. The molecule has 22 heavy (non-hydrogen) atoms. The fraction of sp³-hybridized carbons (Fsp3) is 0.500. The molecule has 6 nitrogen and oxygen atoms in total. The molecule has 0 radical (unpaired) electrons. The molecule has 0 aliphatic heterocycles. The van der Waals surface area contributed by atoms with Gasteiger partial charge in [-0.15, -0.1) is 0 Å². The van der Waals surface area contributed by atoms with E-state index < -0.39 is 17.7 Å². The van der Waals surface area contributed by atoms with Crippen molar-refractivity contribution in [3.63, 3.8) is 0 Å². The molecule has 6 heteroatoms. The zero-order valence-electron chi connectivity index (χ0n) is 13.6. The topological polar surface area (TPSA) is 67.9 Å². The number of carbonyl (C=O) groups is 2. The van der Waals surface area contributed by atoms with Crippen LogP contribution in [0.25, 0.3) is 0 Å². The van der Waals surface area contributed by atoms with Crippen molar-refractivity contribution in [3.8, 4) is 0 Å². The van der Waals surface area contributed by atoms with Gasteiger partial charge in [0.25, 0.3) is 0 Å². The molecule has 0 aliphatic rings. The Hall–Kier alpha value is -2.24. The monoisotopic (exact) mass is 308 g/mol. The van der Waals surface area contributed by atoms with Crippen LogP contribution in [0, 0.1) is 0 Å².